The summed E-state index contributed by atoms with van der Waals surface area (Å²) in [6.45, 7) is 1.84. The van der Waals surface area contributed by atoms with Gasteiger partial charge in [-0.2, -0.15) is 13.2 Å². The topological polar surface area (TPSA) is 63.8 Å². The number of nitrogen functional groups attached to an aromatic ring is 1. The maximum absolute atomic E-state index is 12.7. The summed E-state index contributed by atoms with van der Waals surface area (Å²) in [5, 5.41) is 2.89. The third kappa shape index (κ3) is 3.75. The fourth-order valence-corrected chi connectivity index (χ4v) is 1.84. The van der Waals surface area contributed by atoms with Gasteiger partial charge in [-0.15, -0.1) is 0 Å². The number of nitrogens with two attached hydrogens (primary N) is 1. The molecule has 3 N–H and O–H groups in total. The molecule has 0 bridgehead atoms. The second-order valence-corrected chi connectivity index (χ2v) is 4.67. The van der Waals surface area contributed by atoms with Gasteiger partial charge in [-0.05, 0) is 18.2 Å². The first-order valence-corrected chi connectivity index (χ1v) is 6.44. The number of nitrogens with one attached hydrogen (secondary N) is 1. The fourth-order valence-electron chi connectivity index (χ4n) is 1.68. The molecule has 8 heteroatoms. The molecule has 0 atom stereocenters. The van der Waals surface area contributed by atoms with E-state index in [4.69, 9.17) is 17.3 Å². The molecule has 0 amide bonds. The van der Waals surface area contributed by atoms with Crippen LogP contribution in [0.5, 0.6) is 0 Å². The second-order valence-electron chi connectivity index (χ2n) is 4.27. The summed E-state index contributed by atoms with van der Waals surface area (Å²) >= 11 is 5.91. The molecule has 2 aromatic rings. The van der Waals surface area contributed by atoms with E-state index < -0.39 is 11.7 Å². The Hall–Kier alpha value is -2.02. The first-order chi connectivity index (χ1) is 9.79. The lowest BCUT2D eigenvalue weighted by molar-refractivity contribution is -0.137. The van der Waals surface area contributed by atoms with E-state index in [1.165, 1.54) is 12.1 Å². The van der Waals surface area contributed by atoms with Crippen molar-refractivity contribution >= 4 is 28.9 Å². The molecular formula is C13H12ClF3N4. The first kappa shape index (κ1) is 15.4. The van der Waals surface area contributed by atoms with Crippen molar-refractivity contribution in [3.63, 3.8) is 0 Å². The van der Waals surface area contributed by atoms with Gasteiger partial charge in [0, 0.05) is 12.5 Å². The van der Waals surface area contributed by atoms with E-state index in [1.54, 1.807) is 0 Å². The Balaban J connectivity index is 2.37. The van der Waals surface area contributed by atoms with Crippen LogP contribution in [0.25, 0.3) is 0 Å². The quantitative estimate of drug-likeness (QED) is 0.897. The molecule has 112 valence electrons. The van der Waals surface area contributed by atoms with Gasteiger partial charge in [-0.3, -0.25) is 0 Å². The van der Waals surface area contributed by atoms with Crippen molar-refractivity contribution < 1.29 is 13.2 Å². The lowest BCUT2D eigenvalue weighted by Crippen LogP contribution is -2.07. The van der Waals surface area contributed by atoms with E-state index in [9.17, 15) is 13.2 Å². The average Bonchev–Trinajstić information content (AvgIpc) is 2.39. The largest absolute Gasteiger partial charge is 0.416 e. The number of hydrogen-bond donors (Lipinski definition) is 2. The summed E-state index contributed by atoms with van der Waals surface area (Å²) in [7, 11) is 0. The predicted octanol–water partition coefficient (Wildman–Crippen LogP) is 4.04. The summed E-state index contributed by atoms with van der Waals surface area (Å²) < 4.78 is 38.1. The fraction of sp³-hybridized carbons (Fsp3) is 0.231. The monoisotopic (exact) mass is 316 g/mol. The summed E-state index contributed by atoms with van der Waals surface area (Å²) in [6, 6.07) is 4.44. The van der Waals surface area contributed by atoms with Crippen LogP contribution in [-0.2, 0) is 12.6 Å². The molecule has 1 heterocycles. The van der Waals surface area contributed by atoms with Crippen LogP contribution in [0.15, 0.2) is 24.3 Å². The Morgan fingerprint density at radius 3 is 2.57 bits per heavy atom. The molecule has 0 saturated heterocycles. The molecule has 0 aliphatic carbocycles. The van der Waals surface area contributed by atoms with Gasteiger partial charge in [0.15, 0.2) is 0 Å². The van der Waals surface area contributed by atoms with E-state index in [-0.39, 0.29) is 16.5 Å². The van der Waals surface area contributed by atoms with Crippen molar-refractivity contribution in [2.24, 2.45) is 0 Å². The number of nitrogens with zero attached hydrogens (tertiary/aromatic N) is 2. The summed E-state index contributed by atoms with van der Waals surface area (Å²) in [5.74, 6) is 1.01. The molecule has 0 fully saturated rings. The van der Waals surface area contributed by atoms with Gasteiger partial charge in [0.1, 0.15) is 17.5 Å². The van der Waals surface area contributed by atoms with Crippen molar-refractivity contribution in [1.29, 1.82) is 0 Å². The highest BCUT2D eigenvalue weighted by Gasteiger charge is 2.31. The Labute approximate surface area is 124 Å². The molecule has 1 aromatic heterocycles. The summed E-state index contributed by atoms with van der Waals surface area (Å²) in [5.41, 5.74) is 4.93. The first-order valence-electron chi connectivity index (χ1n) is 6.07. The van der Waals surface area contributed by atoms with Crippen LogP contribution in [0.1, 0.15) is 18.3 Å². The van der Waals surface area contributed by atoms with Crippen LogP contribution >= 0.6 is 11.6 Å². The Kier molecular flexibility index (Phi) is 4.22. The molecule has 0 saturated carbocycles. The zero-order chi connectivity index (χ0) is 15.6. The van der Waals surface area contributed by atoms with E-state index >= 15 is 0 Å². The highest BCUT2D eigenvalue weighted by atomic mass is 35.5. The normalized spacial score (nSPS) is 11.5. The number of aryl methyl sites for hydroxylation is 1. The standard InChI is InChI=1S/C13H12ClF3N4/c1-2-11-20-10(18)6-12(21-11)19-9-5-7(13(15,16)17)3-4-8(9)14/h3-6H,2H2,1H3,(H3,18,19,20,21). The number of aromatic nitrogens is 2. The Morgan fingerprint density at radius 2 is 1.95 bits per heavy atom. The van der Waals surface area contributed by atoms with Crippen LogP contribution < -0.4 is 11.1 Å². The molecule has 1 aromatic carbocycles. The van der Waals surface area contributed by atoms with Crippen molar-refractivity contribution in [1.82, 2.24) is 9.97 Å². The maximum Gasteiger partial charge on any atom is 0.416 e. The van der Waals surface area contributed by atoms with Gasteiger partial charge in [0.2, 0.25) is 0 Å². The minimum absolute atomic E-state index is 0.103. The van der Waals surface area contributed by atoms with Gasteiger partial charge in [-0.1, -0.05) is 18.5 Å². The zero-order valence-corrected chi connectivity index (χ0v) is 11.8. The van der Waals surface area contributed by atoms with Crippen LogP contribution in [0, 0.1) is 0 Å². The molecule has 0 unspecified atom stereocenters. The second kappa shape index (κ2) is 5.77. The maximum atomic E-state index is 12.7. The highest BCUT2D eigenvalue weighted by Crippen LogP contribution is 2.34. The third-order valence-corrected chi connectivity index (χ3v) is 2.99. The van der Waals surface area contributed by atoms with Crippen molar-refractivity contribution in [2.75, 3.05) is 11.1 Å². The lowest BCUT2D eigenvalue weighted by Gasteiger charge is -2.12. The predicted molar refractivity (Wildman–Crippen MR) is 75.6 cm³/mol. The van der Waals surface area contributed by atoms with E-state index in [0.29, 0.717) is 18.1 Å². The van der Waals surface area contributed by atoms with Crippen molar-refractivity contribution in [2.45, 2.75) is 19.5 Å². The van der Waals surface area contributed by atoms with Gasteiger partial charge < -0.3 is 11.1 Å². The van der Waals surface area contributed by atoms with Gasteiger partial charge >= 0.3 is 6.18 Å². The number of alkyl halides is 3. The zero-order valence-electron chi connectivity index (χ0n) is 11.0. The van der Waals surface area contributed by atoms with Crippen LogP contribution in [0.3, 0.4) is 0 Å². The number of halogens is 4. The van der Waals surface area contributed by atoms with Gasteiger partial charge in [0.05, 0.1) is 16.3 Å². The lowest BCUT2D eigenvalue weighted by atomic mass is 10.2. The van der Waals surface area contributed by atoms with Crippen LogP contribution in [0.2, 0.25) is 5.02 Å². The minimum atomic E-state index is -4.44. The molecule has 0 radical (unpaired) electrons. The molecule has 4 nitrogen and oxygen atoms in total. The molecule has 0 aliphatic rings. The van der Waals surface area contributed by atoms with E-state index in [0.717, 1.165) is 12.1 Å². The number of benzene rings is 1. The SMILES string of the molecule is CCc1nc(N)cc(Nc2cc(C(F)(F)F)ccc2Cl)n1. The number of hydrogen-bond acceptors (Lipinski definition) is 4. The minimum Gasteiger partial charge on any atom is -0.384 e. The highest BCUT2D eigenvalue weighted by molar-refractivity contribution is 6.33. The van der Waals surface area contributed by atoms with Crippen LogP contribution in [0.4, 0.5) is 30.5 Å². The van der Waals surface area contributed by atoms with Gasteiger partial charge in [0.25, 0.3) is 0 Å². The molecular weight excluding hydrogens is 305 g/mol. The van der Waals surface area contributed by atoms with E-state index in [1.807, 2.05) is 6.92 Å². The summed E-state index contributed by atoms with van der Waals surface area (Å²) in [4.78, 5) is 8.13. The molecule has 0 spiro atoms. The number of anilines is 3. The third-order valence-electron chi connectivity index (χ3n) is 2.66. The summed E-state index contributed by atoms with van der Waals surface area (Å²) in [6.07, 6.45) is -3.89. The number of rotatable bonds is 3. The smallest absolute Gasteiger partial charge is 0.384 e. The van der Waals surface area contributed by atoms with Crippen molar-refractivity contribution in [3.8, 4) is 0 Å². The molecule has 21 heavy (non-hydrogen) atoms. The van der Waals surface area contributed by atoms with Crippen molar-refractivity contribution in [3.05, 3.63) is 40.7 Å². The Morgan fingerprint density at radius 1 is 1.24 bits per heavy atom. The van der Waals surface area contributed by atoms with E-state index in [2.05, 4.69) is 15.3 Å². The van der Waals surface area contributed by atoms with Crippen LogP contribution in [-0.4, -0.2) is 9.97 Å². The average molecular weight is 317 g/mol. The van der Waals surface area contributed by atoms with Gasteiger partial charge in [-0.25, -0.2) is 9.97 Å². The molecule has 0 aliphatic heterocycles. The molecule has 2 rings (SSSR count). The Bertz CT molecular complexity index is 658.